The van der Waals surface area contributed by atoms with Crippen LogP contribution in [0.15, 0.2) is 22.8 Å². The van der Waals surface area contributed by atoms with Crippen LogP contribution in [0.25, 0.3) is 0 Å². The van der Waals surface area contributed by atoms with E-state index >= 15 is 0 Å². The van der Waals surface area contributed by atoms with E-state index in [2.05, 4.69) is 26.2 Å². The summed E-state index contributed by atoms with van der Waals surface area (Å²) < 4.78 is 0.918. The van der Waals surface area contributed by atoms with Crippen LogP contribution in [0.2, 0.25) is 0 Å². The number of carbonyl (C=O) groups is 2. The lowest BCUT2D eigenvalue weighted by Gasteiger charge is -2.11. The van der Waals surface area contributed by atoms with Gasteiger partial charge in [0.2, 0.25) is 11.8 Å². The summed E-state index contributed by atoms with van der Waals surface area (Å²) in [6.07, 6.45) is 3.46. The first kappa shape index (κ1) is 13.0. The highest BCUT2D eigenvalue weighted by molar-refractivity contribution is 9.10. The number of rotatable bonds is 5. The summed E-state index contributed by atoms with van der Waals surface area (Å²) in [5, 5.41) is 2.74. The Morgan fingerprint density at radius 1 is 1.44 bits per heavy atom. The Hall–Kier alpha value is -1.43. The highest BCUT2D eigenvalue weighted by Gasteiger charge is 2.55. The Morgan fingerprint density at radius 3 is 2.67 bits per heavy atom. The van der Waals surface area contributed by atoms with Crippen LogP contribution in [0.3, 0.4) is 0 Å². The molecule has 1 aliphatic carbocycles. The zero-order valence-electron chi connectivity index (χ0n) is 9.78. The van der Waals surface area contributed by atoms with Gasteiger partial charge in [0.05, 0.1) is 0 Å². The summed E-state index contributed by atoms with van der Waals surface area (Å²) >= 11 is 3.30. The Labute approximate surface area is 113 Å². The molecule has 0 aliphatic heterocycles. The van der Waals surface area contributed by atoms with E-state index in [0.29, 0.717) is 25.8 Å². The summed E-state index contributed by atoms with van der Waals surface area (Å²) in [4.78, 5) is 27.1. The Bertz CT molecular complexity index is 469. The summed E-state index contributed by atoms with van der Waals surface area (Å²) in [5.41, 5.74) is 5.17. The van der Waals surface area contributed by atoms with Crippen LogP contribution in [0.1, 0.15) is 18.5 Å². The molecule has 0 bridgehead atoms. The molecule has 18 heavy (non-hydrogen) atoms. The molecule has 1 aromatic rings. The molecule has 5 nitrogen and oxygen atoms in total. The largest absolute Gasteiger partial charge is 0.369 e. The van der Waals surface area contributed by atoms with Crippen molar-refractivity contribution in [1.82, 2.24) is 10.3 Å². The molecule has 3 N–H and O–H groups in total. The second-order valence-corrected chi connectivity index (χ2v) is 5.34. The van der Waals surface area contributed by atoms with E-state index < -0.39 is 11.3 Å². The first-order valence-electron chi connectivity index (χ1n) is 5.73. The zero-order chi connectivity index (χ0) is 13.2. The predicted molar refractivity (Wildman–Crippen MR) is 69.5 cm³/mol. The molecule has 0 atom stereocenters. The van der Waals surface area contributed by atoms with Crippen molar-refractivity contribution in [3.63, 3.8) is 0 Å². The van der Waals surface area contributed by atoms with E-state index in [0.717, 1.165) is 10.2 Å². The maximum absolute atomic E-state index is 11.8. The van der Waals surface area contributed by atoms with Crippen LogP contribution in [0.4, 0.5) is 0 Å². The van der Waals surface area contributed by atoms with Crippen molar-refractivity contribution in [3.8, 4) is 0 Å². The molecule has 0 unspecified atom stereocenters. The lowest BCUT2D eigenvalue weighted by Crippen LogP contribution is -2.41. The Balaban J connectivity index is 1.81. The summed E-state index contributed by atoms with van der Waals surface area (Å²) in [6.45, 7) is 0.461. The maximum Gasteiger partial charge on any atom is 0.235 e. The number of halogens is 1. The first-order chi connectivity index (χ1) is 8.54. The van der Waals surface area contributed by atoms with E-state index in [1.165, 1.54) is 0 Å². The molecule has 0 radical (unpaired) electrons. The Morgan fingerprint density at radius 2 is 2.17 bits per heavy atom. The second kappa shape index (κ2) is 5.06. The predicted octanol–water partition coefficient (Wildman–Crippen LogP) is 0.768. The van der Waals surface area contributed by atoms with Gasteiger partial charge >= 0.3 is 0 Å². The van der Waals surface area contributed by atoms with Crippen LogP contribution < -0.4 is 11.1 Å². The minimum absolute atomic E-state index is 0.257. The summed E-state index contributed by atoms with van der Waals surface area (Å²) in [6, 6.07) is 3.78. The van der Waals surface area contributed by atoms with E-state index in [4.69, 9.17) is 5.73 Å². The summed E-state index contributed by atoms with van der Waals surface area (Å²) in [5.74, 6) is -0.783. The van der Waals surface area contributed by atoms with Crippen molar-refractivity contribution in [2.45, 2.75) is 19.3 Å². The number of carbonyl (C=O) groups excluding carboxylic acids is 2. The fraction of sp³-hybridized carbons (Fsp3) is 0.417. The molecule has 2 rings (SSSR count). The van der Waals surface area contributed by atoms with Gasteiger partial charge in [-0.1, -0.05) is 0 Å². The van der Waals surface area contributed by atoms with Crippen molar-refractivity contribution >= 4 is 27.7 Å². The number of hydrogen-bond acceptors (Lipinski definition) is 3. The van der Waals surface area contributed by atoms with Gasteiger partial charge in [-0.2, -0.15) is 0 Å². The highest BCUT2D eigenvalue weighted by atomic mass is 79.9. The topological polar surface area (TPSA) is 85.1 Å². The van der Waals surface area contributed by atoms with Gasteiger partial charge < -0.3 is 11.1 Å². The molecule has 1 fully saturated rings. The fourth-order valence-corrected chi connectivity index (χ4v) is 1.97. The standard InChI is InChI=1S/C12H14BrN3O2/c13-8-1-2-9(16-7-8)3-6-15-11(18)12(4-5-12)10(14)17/h1-2,7H,3-6H2,(H2,14,17)(H,15,18). The van der Waals surface area contributed by atoms with Gasteiger partial charge in [-0.05, 0) is 40.9 Å². The van der Waals surface area contributed by atoms with Gasteiger partial charge in [0.15, 0.2) is 0 Å². The number of primary amides is 1. The molecular formula is C12H14BrN3O2. The molecule has 96 valence electrons. The van der Waals surface area contributed by atoms with Crippen LogP contribution in [0, 0.1) is 5.41 Å². The van der Waals surface area contributed by atoms with E-state index in [-0.39, 0.29) is 5.91 Å². The molecule has 1 aliphatic rings. The molecule has 0 saturated heterocycles. The average molecular weight is 312 g/mol. The quantitative estimate of drug-likeness (QED) is 0.788. The number of pyridine rings is 1. The number of hydrogen-bond donors (Lipinski definition) is 2. The molecule has 6 heteroatoms. The molecule has 2 amide bonds. The van der Waals surface area contributed by atoms with Gasteiger partial charge in [-0.25, -0.2) is 0 Å². The minimum atomic E-state index is -0.937. The maximum atomic E-state index is 11.8. The SMILES string of the molecule is NC(=O)C1(C(=O)NCCc2ccc(Br)cn2)CC1. The Kier molecular flexibility index (Phi) is 3.65. The molecule has 0 aromatic carbocycles. The average Bonchev–Trinajstić information content (AvgIpc) is 3.13. The highest BCUT2D eigenvalue weighted by Crippen LogP contribution is 2.45. The van der Waals surface area contributed by atoms with E-state index in [9.17, 15) is 9.59 Å². The molecular weight excluding hydrogens is 298 g/mol. The number of nitrogens with one attached hydrogen (secondary N) is 1. The van der Waals surface area contributed by atoms with Crippen molar-refractivity contribution in [2.24, 2.45) is 11.1 Å². The molecule has 1 aromatic heterocycles. The van der Waals surface area contributed by atoms with Gasteiger partial charge in [0.25, 0.3) is 0 Å². The number of nitrogens with zero attached hydrogens (tertiary/aromatic N) is 1. The van der Waals surface area contributed by atoms with Gasteiger partial charge in [0, 0.05) is 29.3 Å². The third kappa shape index (κ3) is 2.69. The van der Waals surface area contributed by atoms with Crippen molar-refractivity contribution in [1.29, 1.82) is 0 Å². The number of aromatic nitrogens is 1. The fourth-order valence-electron chi connectivity index (χ4n) is 1.74. The van der Waals surface area contributed by atoms with Crippen LogP contribution in [0.5, 0.6) is 0 Å². The monoisotopic (exact) mass is 311 g/mol. The lowest BCUT2D eigenvalue weighted by atomic mass is 10.1. The molecule has 1 saturated carbocycles. The first-order valence-corrected chi connectivity index (χ1v) is 6.52. The third-order valence-corrected chi connectivity index (χ3v) is 3.58. The smallest absolute Gasteiger partial charge is 0.235 e. The van der Waals surface area contributed by atoms with Crippen molar-refractivity contribution in [3.05, 3.63) is 28.5 Å². The van der Waals surface area contributed by atoms with Crippen molar-refractivity contribution in [2.75, 3.05) is 6.54 Å². The number of amides is 2. The molecule has 1 heterocycles. The zero-order valence-corrected chi connectivity index (χ0v) is 11.4. The normalized spacial score (nSPS) is 16.1. The van der Waals surface area contributed by atoms with Crippen LogP contribution >= 0.6 is 15.9 Å². The second-order valence-electron chi connectivity index (χ2n) is 4.42. The van der Waals surface area contributed by atoms with Gasteiger partial charge in [-0.15, -0.1) is 0 Å². The van der Waals surface area contributed by atoms with Gasteiger partial charge in [-0.3, -0.25) is 14.6 Å². The van der Waals surface area contributed by atoms with Crippen molar-refractivity contribution < 1.29 is 9.59 Å². The lowest BCUT2D eigenvalue weighted by molar-refractivity contribution is -0.135. The van der Waals surface area contributed by atoms with E-state index in [1.54, 1.807) is 6.20 Å². The van der Waals surface area contributed by atoms with E-state index in [1.807, 2.05) is 12.1 Å². The summed E-state index contributed by atoms with van der Waals surface area (Å²) in [7, 11) is 0. The van der Waals surface area contributed by atoms with Crippen LogP contribution in [-0.2, 0) is 16.0 Å². The molecule has 0 spiro atoms. The minimum Gasteiger partial charge on any atom is -0.369 e. The number of nitrogens with two attached hydrogens (primary N) is 1. The van der Waals surface area contributed by atoms with Gasteiger partial charge in [0.1, 0.15) is 5.41 Å². The third-order valence-electron chi connectivity index (χ3n) is 3.11. The van der Waals surface area contributed by atoms with Crippen LogP contribution in [-0.4, -0.2) is 23.3 Å².